The fraction of sp³-hybridized carbons (Fsp3) is 0.833. The van der Waals surface area contributed by atoms with Crippen LogP contribution in [0.5, 0.6) is 0 Å². The summed E-state index contributed by atoms with van der Waals surface area (Å²) in [5.41, 5.74) is -0.390. The molecule has 0 aromatic heterocycles. The first-order valence-electron chi connectivity index (χ1n) is 2.76. The van der Waals surface area contributed by atoms with E-state index in [1.807, 2.05) is 0 Å². The van der Waals surface area contributed by atoms with E-state index in [1.54, 1.807) is 20.8 Å². The van der Waals surface area contributed by atoms with Gasteiger partial charge in [-0.2, -0.15) is 0 Å². The lowest BCUT2D eigenvalue weighted by atomic mass is 9.90. The third kappa shape index (κ3) is 2.87. The highest BCUT2D eigenvalue weighted by Crippen LogP contribution is 2.20. The maximum absolute atomic E-state index is 10.4. The van der Waals surface area contributed by atoms with Crippen molar-refractivity contribution in [2.45, 2.75) is 26.9 Å². The summed E-state index contributed by atoms with van der Waals surface area (Å²) in [7, 11) is 0. The molecule has 0 fully saturated rings. The Balaban J connectivity index is 4.04. The average Bonchev–Trinajstić information content (AvgIpc) is 1.62. The van der Waals surface area contributed by atoms with Crippen molar-refractivity contribution in [3.63, 3.8) is 0 Å². The van der Waals surface area contributed by atoms with Crippen LogP contribution in [0.4, 0.5) is 0 Å². The zero-order valence-electron chi connectivity index (χ0n) is 5.88. The minimum atomic E-state index is -0.958. The molecule has 1 N–H and O–H groups in total. The average molecular weight is 148 g/mol. The number of hydrogen-bond acceptors (Lipinski definition) is 2. The van der Waals surface area contributed by atoms with Crippen molar-refractivity contribution >= 4 is 17.7 Å². The Kier molecular flexibility index (Phi) is 2.70. The molecule has 0 saturated carbocycles. The summed E-state index contributed by atoms with van der Waals surface area (Å²) in [6.45, 7) is 5.35. The molecule has 0 aliphatic carbocycles. The zero-order valence-corrected chi connectivity index (χ0v) is 6.77. The van der Waals surface area contributed by atoms with E-state index < -0.39 is 16.6 Å². The van der Waals surface area contributed by atoms with Crippen molar-refractivity contribution < 1.29 is 9.90 Å². The number of aliphatic hydroxyl groups is 1. The van der Waals surface area contributed by atoms with Crippen LogP contribution >= 0.6 is 12.6 Å². The van der Waals surface area contributed by atoms with Crippen molar-refractivity contribution in [1.82, 2.24) is 0 Å². The van der Waals surface area contributed by atoms with Gasteiger partial charge in [0.25, 0.3) is 0 Å². The van der Waals surface area contributed by atoms with Crippen LogP contribution in [0.3, 0.4) is 0 Å². The minimum absolute atomic E-state index is 0.390. The summed E-state index contributed by atoms with van der Waals surface area (Å²) < 4.78 is 0. The molecule has 0 aromatic rings. The van der Waals surface area contributed by atoms with Gasteiger partial charge in [0.2, 0.25) is 5.12 Å². The Bertz CT molecular complexity index is 115. The second-order valence-corrected chi connectivity index (χ2v) is 3.55. The van der Waals surface area contributed by atoms with E-state index in [2.05, 4.69) is 12.6 Å². The van der Waals surface area contributed by atoms with Gasteiger partial charge in [0.1, 0.15) is 6.10 Å². The largest absolute Gasteiger partial charge is 0.384 e. The van der Waals surface area contributed by atoms with E-state index in [1.165, 1.54) is 0 Å². The lowest BCUT2D eigenvalue weighted by molar-refractivity contribution is -0.122. The summed E-state index contributed by atoms with van der Waals surface area (Å²) in [6, 6.07) is 0. The number of hydrogen-bond donors (Lipinski definition) is 2. The first-order chi connectivity index (χ1) is 3.85. The maximum atomic E-state index is 10.4. The van der Waals surface area contributed by atoms with Crippen LogP contribution in [0.2, 0.25) is 0 Å². The third-order valence-corrected chi connectivity index (χ3v) is 1.30. The normalized spacial score (nSPS) is 15.2. The highest BCUT2D eigenvalue weighted by Gasteiger charge is 2.26. The van der Waals surface area contributed by atoms with Gasteiger partial charge in [0, 0.05) is 0 Å². The number of aliphatic hydroxyl groups excluding tert-OH is 1. The van der Waals surface area contributed by atoms with Crippen LogP contribution in [-0.4, -0.2) is 16.3 Å². The van der Waals surface area contributed by atoms with Crippen molar-refractivity contribution in [2.24, 2.45) is 5.41 Å². The monoisotopic (exact) mass is 148 g/mol. The molecule has 0 rings (SSSR count). The van der Waals surface area contributed by atoms with Crippen LogP contribution in [0.1, 0.15) is 20.8 Å². The van der Waals surface area contributed by atoms with Gasteiger partial charge in [-0.05, 0) is 5.41 Å². The van der Waals surface area contributed by atoms with Crippen LogP contribution in [0, 0.1) is 5.41 Å². The highest BCUT2D eigenvalue weighted by atomic mass is 32.1. The summed E-state index contributed by atoms with van der Waals surface area (Å²) in [5, 5.41) is 8.57. The predicted octanol–water partition coefficient (Wildman–Crippen LogP) is 0.850. The van der Waals surface area contributed by atoms with E-state index in [9.17, 15) is 4.79 Å². The number of rotatable bonds is 1. The molecule has 0 aliphatic rings. The molecule has 9 heavy (non-hydrogen) atoms. The summed E-state index contributed by atoms with van der Waals surface area (Å²) >= 11 is 3.50. The quantitative estimate of drug-likeness (QED) is 0.541. The summed E-state index contributed by atoms with van der Waals surface area (Å²) in [5.74, 6) is 0. The van der Waals surface area contributed by atoms with Gasteiger partial charge in [-0.3, -0.25) is 4.79 Å². The van der Waals surface area contributed by atoms with Crippen LogP contribution in [-0.2, 0) is 4.79 Å². The SMILES string of the molecule is CC(C)(C)C(O)C(=O)S. The fourth-order valence-corrected chi connectivity index (χ4v) is 0.758. The Morgan fingerprint density at radius 3 is 1.89 bits per heavy atom. The van der Waals surface area contributed by atoms with Crippen LogP contribution in [0.25, 0.3) is 0 Å². The molecule has 1 unspecified atom stereocenters. The Morgan fingerprint density at radius 2 is 1.89 bits per heavy atom. The van der Waals surface area contributed by atoms with E-state index in [-0.39, 0.29) is 0 Å². The molecule has 0 saturated heterocycles. The molecule has 1 atom stereocenters. The van der Waals surface area contributed by atoms with Gasteiger partial charge < -0.3 is 5.11 Å². The van der Waals surface area contributed by atoms with Gasteiger partial charge >= 0.3 is 0 Å². The van der Waals surface area contributed by atoms with Crippen molar-refractivity contribution in [3.05, 3.63) is 0 Å². The van der Waals surface area contributed by atoms with Gasteiger partial charge in [-0.25, -0.2) is 0 Å². The number of carbonyl (C=O) groups excluding carboxylic acids is 1. The lowest BCUT2D eigenvalue weighted by Gasteiger charge is -2.22. The molecule has 0 heterocycles. The molecule has 0 spiro atoms. The first kappa shape index (κ1) is 8.98. The molecule has 54 valence electrons. The molecule has 2 nitrogen and oxygen atoms in total. The van der Waals surface area contributed by atoms with E-state index >= 15 is 0 Å². The van der Waals surface area contributed by atoms with E-state index in [0.717, 1.165) is 0 Å². The van der Waals surface area contributed by atoms with E-state index in [0.29, 0.717) is 0 Å². The fourth-order valence-electron chi connectivity index (χ4n) is 0.370. The van der Waals surface area contributed by atoms with Crippen LogP contribution in [0.15, 0.2) is 0 Å². The Labute approximate surface area is 60.7 Å². The molecule has 0 amide bonds. The van der Waals surface area contributed by atoms with Gasteiger partial charge in [0.05, 0.1) is 0 Å². The third-order valence-electron chi connectivity index (χ3n) is 1.05. The molecule has 0 radical (unpaired) electrons. The molecule has 3 heteroatoms. The zero-order chi connectivity index (χ0) is 7.65. The molecule has 0 aromatic carbocycles. The molecule has 0 bridgehead atoms. The Hall–Kier alpha value is -0.0200. The van der Waals surface area contributed by atoms with Crippen molar-refractivity contribution in [1.29, 1.82) is 0 Å². The summed E-state index contributed by atoms with van der Waals surface area (Å²) in [6.07, 6.45) is -0.958. The smallest absolute Gasteiger partial charge is 0.214 e. The standard InChI is InChI=1S/C6H12O2S/c1-6(2,3)4(7)5(8)9/h4,7H,1-3H3,(H,8,9). The minimum Gasteiger partial charge on any atom is -0.384 e. The highest BCUT2D eigenvalue weighted by molar-refractivity contribution is 7.96. The lowest BCUT2D eigenvalue weighted by Crippen LogP contribution is -2.31. The molecular formula is C6H12O2S. The van der Waals surface area contributed by atoms with Gasteiger partial charge in [-0.1, -0.05) is 20.8 Å². The predicted molar refractivity (Wildman–Crippen MR) is 39.5 cm³/mol. The van der Waals surface area contributed by atoms with Crippen LogP contribution < -0.4 is 0 Å². The van der Waals surface area contributed by atoms with Gasteiger partial charge in [-0.15, -0.1) is 12.6 Å². The number of carbonyl (C=O) groups is 1. The van der Waals surface area contributed by atoms with Crippen molar-refractivity contribution in [2.75, 3.05) is 0 Å². The second-order valence-electron chi connectivity index (χ2n) is 3.11. The van der Waals surface area contributed by atoms with Crippen molar-refractivity contribution in [3.8, 4) is 0 Å². The molecular weight excluding hydrogens is 136 g/mol. The summed E-state index contributed by atoms with van der Waals surface area (Å²) in [4.78, 5) is 10.4. The van der Waals surface area contributed by atoms with E-state index in [4.69, 9.17) is 5.11 Å². The number of thiol groups is 1. The van der Waals surface area contributed by atoms with Gasteiger partial charge in [0.15, 0.2) is 0 Å². The maximum Gasteiger partial charge on any atom is 0.214 e. The second kappa shape index (κ2) is 2.71. The molecule has 0 aliphatic heterocycles. The Morgan fingerprint density at radius 1 is 1.56 bits per heavy atom. The first-order valence-corrected chi connectivity index (χ1v) is 3.21. The topological polar surface area (TPSA) is 37.3 Å².